The molecular weight excluding hydrogens is 426 g/mol. The topological polar surface area (TPSA) is 76.7 Å². The predicted molar refractivity (Wildman–Crippen MR) is 141 cm³/mol. The summed E-state index contributed by atoms with van der Waals surface area (Å²) in [5.41, 5.74) is 4.00. The van der Waals surface area contributed by atoms with E-state index in [0.717, 1.165) is 68.9 Å². The van der Waals surface area contributed by atoms with Crippen molar-refractivity contribution in [2.45, 2.75) is 46.5 Å². The number of piperidine rings is 1. The third kappa shape index (κ3) is 6.97. The van der Waals surface area contributed by atoms with Crippen molar-refractivity contribution in [2.75, 3.05) is 54.8 Å². The van der Waals surface area contributed by atoms with Gasteiger partial charge in [0.25, 0.3) is 5.91 Å². The lowest BCUT2D eigenvalue weighted by Crippen LogP contribution is -2.36. The summed E-state index contributed by atoms with van der Waals surface area (Å²) in [6.07, 6.45) is 4.31. The van der Waals surface area contributed by atoms with Gasteiger partial charge in [0.2, 0.25) is 0 Å². The standard InChI is InChI=1S/C27H39N5O2/c1-4-21-12-8-9-13-24(21)30-27(34)29-22-14-15-25(32-17-10-7-11-18-32)23(20-22)26(33)28-16-19-31(5-2)6-3/h8-9,12-15,20H,4-7,10-11,16-19H2,1-3H3,(H,28,33)(H2,29,30,34). The SMILES string of the molecule is CCc1ccccc1NC(=O)Nc1ccc(N2CCCCC2)c(C(=O)NCCN(CC)CC)c1. The predicted octanol–water partition coefficient (Wildman–Crippen LogP) is 4.95. The molecule has 1 saturated heterocycles. The number of nitrogens with one attached hydrogen (secondary N) is 3. The van der Waals surface area contributed by atoms with Crippen molar-refractivity contribution in [3.05, 3.63) is 53.6 Å². The van der Waals surface area contributed by atoms with Crippen molar-refractivity contribution >= 4 is 29.0 Å². The first kappa shape index (κ1) is 25.6. The van der Waals surface area contributed by atoms with Crippen molar-refractivity contribution in [3.8, 4) is 0 Å². The molecule has 2 aromatic rings. The number of nitrogens with zero attached hydrogens (tertiary/aromatic N) is 2. The fourth-order valence-electron chi connectivity index (χ4n) is 4.40. The fraction of sp³-hybridized carbons (Fsp3) is 0.481. The van der Waals surface area contributed by atoms with Crippen LogP contribution in [0.15, 0.2) is 42.5 Å². The van der Waals surface area contributed by atoms with E-state index in [0.29, 0.717) is 17.8 Å². The van der Waals surface area contributed by atoms with Crippen LogP contribution in [-0.2, 0) is 6.42 Å². The number of anilines is 3. The Balaban J connectivity index is 1.75. The van der Waals surface area contributed by atoms with Gasteiger partial charge in [0.15, 0.2) is 0 Å². The van der Waals surface area contributed by atoms with Gasteiger partial charge in [-0.3, -0.25) is 4.79 Å². The monoisotopic (exact) mass is 465 g/mol. The van der Waals surface area contributed by atoms with E-state index in [2.05, 4.69) is 46.5 Å². The molecule has 184 valence electrons. The van der Waals surface area contributed by atoms with Gasteiger partial charge in [-0.1, -0.05) is 39.0 Å². The van der Waals surface area contributed by atoms with E-state index in [9.17, 15) is 9.59 Å². The molecule has 3 rings (SSSR count). The van der Waals surface area contributed by atoms with Crippen LogP contribution >= 0.6 is 0 Å². The number of hydrogen-bond donors (Lipinski definition) is 3. The van der Waals surface area contributed by atoms with Crippen LogP contribution in [-0.4, -0.2) is 56.1 Å². The molecule has 7 nitrogen and oxygen atoms in total. The Labute approximate surface area is 203 Å². The second-order valence-corrected chi connectivity index (χ2v) is 8.65. The number of carbonyl (C=O) groups is 2. The molecule has 1 heterocycles. The van der Waals surface area contributed by atoms with Gasteiger partial charge in [-0.05, 0) is 68.6 Å². The minimum Gasteiger partial charge on any atom is -0.371 e. The van der Waals surface area contributed by atoms with E-state index in [4.69, 9.17) is 0 Å². The lowest BCUT2D eigenvalue weighted by atomic mass is 10.1. The second kappa shape index (κ2) is 13.0. The number of amides is 3. The van der Waals surface area contributed by atoms with E-state index in [1.807, 2.05) is 36.4 Å². The summed E-state index contributed by atoms with van der Waals surface area (Å²) in [6.45, 7) is 11.5. The maximum Gasteiger partial charge on any atom is 0.323 e. The largest absolute Gasteiger partial charge is 0.371 e. The van der Waals surface area contributed by atoms with Crippen molar-refractivity contribution in [1.82, 2.24) is 10.2 Å². The van der Waals surface area contributed by atoms with E-state index in [-0.39, 0.29) is 11.9 Å². The molecule has 0 aromatic heterocycles. The first-order chi connectivity index (χ1) is 16.5. The highest BCUT2D eigenvalue weighted by Gasteiger charge is 2.20. The van der Waals surface area contributed by atoms with Crippen LogP contribution in [0.2, 0.25) is 0 Å². The summed E-state index contributed by atoms with van der Waals surface area (Å²) < 4.78 is 0. The number of benzene rings is 2. The molecule has 0 unspecified atom stereocenters. The normalized spacial score (nSPS) is 13.6. The Morgan fingerprint density at radius 1 is 0.941 bits per heavy atom. The highest BCUT2D eigenvalue weighted by molar-refractivity contribution is 6.04. The number of aryl methyl sites for hydroxylation is 1. The smallest absolute Gasteiger partial charge is 0.323 e. The fourth-order valence-corrected chi connectivity index (χ4v) is 4.40. The molecule has 1 fully saturated rings. The number of rotatable bonds is 10. The Hall–Kier alpha value is -3.06. The highest BCUT2D eigenvalue weighted by atomic mass is 16.2. The van der Waals surface area contributed by atoms with Gasteiger partial charge in [0.05, 0.1) is 5.56 Å². The van der Waals surface area contributed by atoms with Crippen LogP contribution in [0.1, 0.15) is 56.0 Å². The zero-order valence-electron chi connectivity index (χ0n) is 20.8. The zero-order chi connectivity index (χ0) is 24.3. The zero-order valence-corrected chi connectivity index (χ0v) is 20.8. The molecule has 0 radical (unpaired) electrons. The van der Waals surface area contributed by atoms with Crippen molar-refractivity contribution in [2.24, 2.45) is 0 Å². The maximum absolute atomic E-state index is 13.2. The summed E-state index contributed by atoms with van der Waals surface area (Å²) in [7, 11) is 0. The van der Waals surface area contributed by atoms with Crippen molar-refractivity contribution < 1.29 is 9.59 Å². The summed E-state index contributed by atoms with van der Waals surface area (Å²) in [5.74, 6) is -0.104. The molecule has 0 saturated carbocycles. The van der Waals surface area contributed by atoms with Gasteiger partial charge in [-0.15, -0.1) is 0 Å². The molecule has 1 aliphatic heterocycles. The lowest BCUT2D eigenvalue weighted by Gasteiger charge is -2.30. The molecule has 3 amide bonds. The van der Waals surface area contributed by atoms with Gasteiger partial charge in [-0.25, -0.2) is 4.79 Å². The number of hydrogen-bond acceptors (Lipinski definition) is 4. The van der Waals surface area contributed by atoms with Gasteiger partial charge in [0, 0.05) is 43.2 Å². The molecule has 0 bridgehead atoms. The van der Waals surface area contributed by atoms with E-state index >= 15 is 0 Å². The summed E-state index contributed by atoms with van der Waals surface area (Å²) >= 11 is 0. The van der Waals surface area contributed by atoms with Crippen LogP contribution in [0.3, 0.4) is 0 Å². The van der Waals surface area contributed by atoms with Gasteiger partial charge in [0.1, 0.15) is 0 Å². The molecule has 7 heteroatoms. The van der Waals surface area contributed by atoms with Crippen LogP contribution in [0.4, 0.5) is 21.9 Å². The molecule has 3 N–H and O–H groups in total. The Bertz CT molecular complexity index is 952. The average molecular weight is 466 g/mol. The first-order valence-corrected chi connectivity index (χ1v) is 12.6. The van der Waals surface area contributed by atoms with Crippen LogP contribution in [0.5, 0.6) is 0 Å². The van der Waals surface area contributed by atoms with Crippen LogP contribution in [0, 0.1) is 0 Å². The molecule has 1 aliphatic rings. The van der Waals surface area contributed by atoms with Crippen LogP contribution in [0.25, 0.3) is 0 Å². The van der Waals surface area contributed by atoms with E-state index in [1.165, 1.54) is 6.42 Å². The van der Waals surface area contributed by atoms with Crippen molar-refractivity contribution in [3.63, 3.8) is 0 Å². The quantitative estimate of drug-likeness (QED) is 0.464. The molecule has 0 spiro atoms. The number of urea groups is 1. The lowest BCUT2D eigenvalue weighted by molar-refractivity contribution is 0.0949. The Morgan fingerprint density at radius 3 is 2.38 bits per heavy atom. The van der Waals surface area contributed by atoms with Gasteiger partial charge in [-0.2, -0.15) is 0 Å². The second-order valence-electron chi connectivity index (χ2n) is 8.65. The molecular formula is C27H39N5O2. The molecule has 2 aromatic carbocycles. The number of para-hydroxylation sites is 1. The summed E-state index contributed by atoms with van der Waals surface area (Å²) in [5, 5.41) is 8.91. The molecule has 0 atom stereocenters. The number of likely N-dealkylation sites (N-methyl/N-ethyl adjacent to an activating group) is 1. The van der Waals surface area contributed by atoms with Crippen LogP contribution < -0.4 is 20.9 Å². The molecule has 34 heavy (non-hydrogen) atoms. The van der Waals surface area contributed by atoms with E-state index < -0.39 is 0 Å². The third-order valence-electron chi connectivity index (χ3n) is 6.45. The Kier molecular flexibility index (Phi) is 9.76. The Morgan fingerprint density at radius 2 is 1.68 bits per heavy atom. The molecule has 0 aliphatic carbocycles. The van der Waals surface area contributed by atoms with E-state index in [1.54, 1.807) is 6.07 Å². The van der Waals surface area contributed by atoms with Gasteiger partial charge < -0.3 is 25.8 Å². The summed E-state index contributed by atoms with van der Waals surface area (Å²) in [6, 6.07) is 13.1. The number of carbonyl (C=O) groups excluding carboxylic acids is 2. The minimum atomic E-state index is -0.320. The first-order valence-electron chi connectivity index (χ1n) is 12.6. The minimum absolute atomic E-state index is 0.104. The maximum atomic E-state index is 13.2. The summed E-state index contributed by atoms with van der Waals surface area (Å²) in [4.78, 5) is 30.4. The average Bonchev–Trinajstić information content (AvgIpc) is 2.87. The van der Waals surface area contributed by atoms with Crippen molar-refractivity contribution in [1.29, 1.82) is 0 Å². The van der Waals surface area contributed by atoms with Gasteiger partial charge >= 0.3 is 6.03 Å². The highest BCUT2D eigenvalue weighted by Crippen LogP contribution is 2.27. The third-order valence-corrected chi connectivity index (χ3v) is 6.45.